The lowest BCUT2D eigenvalue weighted by molar-refractivity contribution is -0.123. The van der Waals surface area contributed by atoms with Gasteiger partial charge in [0.25, 0.3) is 11.8 Å². The second kappa shape index (κ2) is 7.75. The summed E-state index contributed by atoms with van der Waals surface area (Å²) in [6, 6.07) is 20.5. The molecule has 0 bridgehead atoms. The largest absolute Gasteiger partial charge is 0.285 e. The van der Waals surface area contributed by atoms with Crippen molar-refractivity contribution in [3.8, 4) is 0 Å². The summed E-state index contributed by atoms with van der Waals surface area (Å²) in [4.78, 5) is 25.7. The van der Waals surface area contributed by atoms with Gasteiger partial charge >= 0.3 is 0 Å². The summed E-state index contributed by atoms with van der Waals surface area (Å²) in [5, 5.41) is 3.51. The van der Waals surface area contributed by atoms with Gasteiger partial charge in [-0.1, -0.05) is 78.0 Å². The van der Waals surface area contributed by atoms with E-state index in [0.717, 1.165) is 33.1 Å². The van der Waals surface area contributed by atoms with Crippen LogP contribution in [0, 0.1) is 0 Å². The van der Waals surface area contributed by atoms with E-state index in [1.165, 1.54) is 0 Å². The minimum atomic E-state index is -0.492. The molecular formula is C21H13ClN2O2S2. The fourth-order valence-corrected chi connectivity index (χ4v) is 4.28. The predicted molar refractivity (Wildman–Crippen MR) is 118 cm³/mol. The zero-order valence-electron chi connectivity index (χ0n) is 14.4. The van der Waals surface area contributed by atoms with Gasteiger partial charge in [0, 0.05) is 0 Å². The molecule has 138 valence electrons. The van der Waals surface area contributed by atoms with Crippen molar-refractivity contribution < 1.29 is 9.59 Å². The predicted octanol–water partition coefficient (Wildman–Crippen LogP) is 5.04. The van der Waals surface area contributed by atoms with Crippen LogP contribution < -0.4 is 5.43 Å². The van der Waals surface area contributed by atoms with E-state index in [1.807, 2.05) is 42.5 Å². The summed E-state index contributed by atoms with van der Waals surface area (Å²) in [5.74, 6) is -0.864. The van der Waals surface area contributed by atoms with Crippen LogP contribution in [0.25, 0.3) is 16.8 Å². The number of carbonyl (C=O) groups is 2. The normalized spacial score (nSPS) is 15.5. The van der Waals surface area contributed by atoms with Crippen molar-refractivity contribution in [2.45, 2.75) is 0 Å². The van der Waals surface area contributed by atoms with Crippen LogP contribution in [-0.4, -0.2) is 21.1 Å². The monoisotopic (exact) mass is 424 g/mol. The van der Waals surface area contributed by atoms with E-state index in [1.54, 1.807) is 30.3 Å². The first kappa shape index (κ1) is 18.7. The Morgan fingerprint density at radius 2 is 1.75 bits per heavy atom. The smallest absolute Gasteiger partial charge is 0.267 e. The Morgan fingerprint density at radius 1 is 1.04 bits per heavy atom. The number of nitrogens with zero attached hydrogens (tertiary/aromatic N) is 1. The maximum Gasteiger partial charge on any atom is 0.285 e. The summed E-state index contributed by atoms with van der Waals surface area (Å²) in [5.41, 5.74) is 3.73. The molecule has 0 aliphatic carbocycles. The molecular weight excluding hydrogens is 412 g/mol. The van der Waals surface area contributed by atoms with Crippen LogP contribution in [0.1, 0.15) is 15.9 Å². The molecule has 1 aliphatic rings. The van der Waals surface area contributed by atoms with E-state index >= 15 is 0 Å². The number of hydrazine groups is 1. The molecule has 3 aromatic carbocycles. The minimum Gasteiger partial charge on any atom is -0.267 e. The first-order chi connectivity index (χ1) is 13.5. The SMILES string of the molecule is O=C(NN1C(=O)/C(=C/c2cccc3ccccc23)SC1=S)c1ccccc1Cl. The number of rotatable bonds is 3. The Kier molecular flexibility index (Phi) is 5.17. The highest BCUT2D eigenvalue weighted by Gasteiger charge is 2.34. The van der Waals surface area contributed by atoms with Crippen molar-refractivity contribution in [1.82, 2.24) is 10.4 Å². The third-order valence-electron chi connectivity index (χ3n) is 4.24. The van der Waals surface area contributed by atoms with Crippen LogP contribution >= 0.6 is 35.6 Å². The van der Waals surface area contributed by atoms with Crippen LogP contribution in [0.2, 0.25) is 5.02 Å². The van der Waals surface area contributed by atoms with E-state index in [-0.39, 0.29) is 15.8 Å². The van der Waals surface area contributed by atoms with Gasteiger partial charge in [-0.3, -0.25) is 15.0 Å². The molecule has 3 aromatic rings. The van der Waals surface area contributed by atoms with E-state index in [4.69, 9.17) is 23.8 Å². The fraction of sp³-hybridized carbons (Fsp3) is 0. The maximum absolute atomic E-state index is 12.8. The molecule has 1 heterocycles. The number of amides is 2. The molecule has 1 fully saturated rings. The topological polar surface area (TPSA) is 49.4 Å². The van der Waals surface area contributed by atoms with Crippen LogP contribution in [-0.2, 0) is 4.79 Å². The average molecular weight is 425 g/mol. The summed E-state index contributed by atoms with van der Waals surface area (Å²) < 4.78 is 0.261. The van der Waals surface area contributed by atoms with Crippen molar-refractivity contribution in [2.24, 2.45) is 0 Å². The average Bonchev–Trinajstić information content (AvgIpc) is 2.96. The highest BCUT2D eigenvalue weighted by atomic mass is 35.5. The Balaban J connectivity index is 1.61. The van der Waals surface area contributed by atoms with Crippen LogP contribution in [0.5, 0.6) is 0 Å². The molecule has 0 unspecified atom stereocenters. The van der Waals surface area contributed by atoms with Crippen molar-refractivity contribution >= 4 is 68.6 Å². The lowest BCUT2D eigenvalue weighted by Gasteiger charge is -2.16. The van der Waals surface area contributed by atoms with Gasteiger partial charge in [0.1, 0.15) is 0 Å². The van der Waals surface area contributed by atoms with Gasteiger partial charge in [0.05, 0.1) is 15.5 Å². The van der Waals surface area contributed by atoms with E-state index in [0.29, 0.717) is 9.93 Å². The van der Waals surface area contributed by atoms with Crippen molar-refractivity contribution in [1.29, 1.82) is 0 Å². The second-order valence-electron chi connectivity index (χ2n) is 6.01. The van der Waals surface area contributed by atoms with Crippen LogP contribution in [0.3, 0.4) is 0 Å². The first-order valence-corrected chi connectivity index (χ1v) is 9.96. The van der Waals surface area contributed by atoms with Gasteiger partial charge in [-0.2, -0.15) is 5.01 Å². The molecule has 0 spiro atoms. The van der Waals surface area contributed by atoms with Gasteiger partial charge in [-0.15, -0.1) is 0 Å². The maximum atomic E-state index is 12.8. The number of hydrogen-bond donors (Lipinski definition) is 1. The fourth-order valence-electron chi connectivity index (χ4n) is 2.89. The molecule has 4 rings (SSSR count). The molecule has 1 N–H and O–H groups in total. The molecule has 4 nitrogen and oxygen atoms in total. The number of hydrogen-bond acceptors (Lipinski definition) is 4. The Hall–Kier alpha value is -2.67. The number of benzene rings is 3. The van der Waals surface area contributed by atoms with E-state index < -0.39 is 5.91 Å². The first-order valence-electron chi connectivity index (χ1n) is 8.36. The van der Waals surface area contributed by atoms with Crippen molar-refractivity contribution in [3.05, 3.63) is 87.8 Å². The zero-order chi connectivity index (χ0) is 19.7. The second-order valence-corrected chi connectivity index (χ2v) is 8.09. The minimum absolute atomic E-state index is 0.261. The molecule has 0 saturated carbocycles. The molecule has 28 heavy (non-hydrogen) atoms. The van der Waals surface area contributed by atoms with Gasteiger partial charge in [0.15, 0.2) is 4.32 Å². The third kappa shape index (κ3) is 3.54. The number of halogens is 1. The molecule has 1 saturated heterocycles. The standard InChI is InChI=1S/C21H13ClN2O2S2/c22-17-11-4-3-10-16(17)19(25)23-24-20(26)18(28-21(24)27)12-14-8-5-7-13-6-1-2-9-15(13)14/h1-12H,(H,23,25)/b18-12-. The number of nitrogens with one attached hydrogen (secondary N) is 1. The van der Waals surface area contributed by atoms with Gasteiger partial charge in [-0.05, 0) is 46.8 Å². The van der Waals surface area contributed by atoms with E-state index in [2.05, 4.69) is 5.43 Å². The Labute approximate surface area is 176 Å². The number of thioether (sulfide) groups is 1. The van der Waals surface area contributed by atoms with Crippen molar-refractivity contribution in [2.75, 3.05) is 0 Å². The molecule has 7 heteroatoms. The summed E-state index contributed by atoms with van der Waals surface area (Å²) in [7, 11) is 0. The summed E-state index contributed by atoms with van der Waals surface area (Å²) >= 11 is 12.5. The number of fused-ring (bicyclic) bond motifs is 1. The van der Waals surface area contributed by atoms with Gasteiger partial charge in [-0.25, -0.2) is 0 Å². The molecule has 1 aliphatic heterocycles. The summed E-state index contributed by atoms with van der Waals surface area (Å²) in [6.07, 6.45) is 1.79. The number of thiocarbonyl (C=S) groups is 1. The van der Waals surface area contributed by atoms with Crippen LogP contribution in [0.4, 0.5) is 0 Å². The highest BCUT2D eigenvalue weighted by molar-refractivity contribution is 8.26. The molecule has 0 radical (unpaired) electrons. The number of carbonyl (C=O) groups excluding carboxylic acids is 2. The van der Waals surface area contributed by atoms with Crippen LogP contribution in [0.15, 0.2) is 71.6 Å². The Bertz CT molecular complexity index is 1150. The molecule has 0 atom stereocenters. The third-order valence-corrected chi connectivity index (χ3v) is 5.87. The van der Waals surface area contributed by atoms with Gasteiger partial charge in [0.2, 0.25) is 0 Å². The summed E-state index contributed by atoms with van der Waals surface area (Å²) in [6.45, 7) is 0. The van der Waals surface area contributed by atoms with Gasteiger partial charge < -0.3 is 0 Å². The zero-order valence-corrected chi connectivity index (χ0v) is 16.8. The molecule has 0 aromatic heterocycles. The molecule has 2 amide bonds. The van der Waals surface area contributed by atoms with Crippen molar-refractivity contribution in [3.63, 3.8) is 0 Å². The lowest BCUT2D eigenvalue weighted by Crippen LogP contribution is -2.44. The quantitative estimate of drug-likeness (QED) is 0.472. The Morgan fingerprint density at radius 3 is 2.57 bits per heavy atom. The highest BCUT2D eigenvalue weighted by Crippen LogP contribution is 2.33. The van der Waals surface area contributed by atoms with E-state index in [9.17, 15) is 9.59 Å². The lowest BCUT2D eigenvalue weighted by atomic mass is 10.0.